The quantitative estimate of drug-likeness (QED) is 0.589. The van der Waals surface area contributed by atoms with Crippen molar-refractivity contribution in [3.8, 4) is 5.75 Å². The van der Waals surface area contributed by atoms with E-state index < -0.39 is 6.36 Å². The van der Waals surface area contributed by atoms with E-state index in [0.29, 0.717) is 25.5 Å². The number of ether oxygens (including phenoxy) is 1. The fourth-order valence-corrected chi connectivity index (χ4v) is 3.05. The molecule has 0 aliphatic heterocycles. The van der Waals surface area contributed by atoms with E-state index in [1.165, 1.54) is 17.0 Å². The number of benzene rings is 1. The number of nitrogens with zero attached hydrogens (tertiary/aromatic N) is 2. The maximum Gasteiger partial charge on any atom is 0.573 e. The van der Waals surface area contributed by atoms with E-state index in [0.717, 1.165) is 16.3 Å². The van der Waals surface area contributed by atoms with E-state index in [9.17, 15) is 13.2 Å². The minimum atomic E-state index is -4.67. The lowest BCUT2D eigenvalue weighted by molar-refractivity contribution is -0.274. The molecule has 0 amide bonds. The first kappa shape index (κ1) is 20.0. The van der Waals surface area contributed by atoms with Gasteiger partial charge in [-0.05, 0) is 38.0 Å². The molecule has 0 saturated heterocycles. The Balaban J connectivity index is 1.76. The number of alkyl halides is 3. The third kappa shape index (κ3) is 6.55. The standard InChI is InChI=1S/C17H21F3N4OS/c1-11-12(2)26-15(24-11)10-23-16(21-3)22-9-8-13-4-6-14(7-5-13)25-17(18,19)20/h4-7H,8-10H2,1-3H3,(H2,21,22,23). The maximum atomic E-state index is 12.1. The molecule has 1 aromatic heterocycles. The van der Waals surface area contributed by atoms with Crippen molar-refractivity contribution in [2.45, 2.75) is 33.2 Å². The van der Waals surface area contributed by atoms with Crippen molar-refractivity contribution < 1.29 is 17.9 Å². The van der Waals surface area contributed by atoms with E-state index >= 15 is 0 Å². The molecule has 2 N–H and O–H groups in total. The summed E-state index contributed by atoms with van der Waals surface area (Å²) in [6, 6.07) is 5.84. The Morgan fingerprint density at radius 1 is 1.19 bits per heavy atom. The molecule has 0 spiro atoms. The number of hydrogen-bond donors (Lipinski definition) is 2. The summed E-state index contributed by atoms with van der Waals surface area (Å²) >= 11 is 1.64. The van der Waals surface area contributed by atoms with Crippen LogP contribution in [0.5, 0.6) is 5.75 Å². The molecule has 9 heteroatoms. The van der Waals surface area contributed by atoms with E-state index in [-0.39, 0.29) is 5.75 Å². The summed E-state index contributed by atoms with van der Waals surface area (Å²) in [6.45, 7) is 5.19. The highest BCUT2D eigenvalue weighted by Gasteiger charge is 2.30. The summed E-state index contributed by atoms with van der Waals surface area (Å²) < 4.78 is 40.3. The van der Waals surface area contributed by atoms with Crippen molar-refractivity contribution in [3.05, 3.63) is 45.4 Å². The second kappa shape index (κ2) is 8.88. The van der Waals surface area contributed by atoms with Gasteiger partial charge in [0.25, 0.3) is 0 Å². The van der Waals surface area contributed by atoms with Crippen LogP contribution in [0.4, 0.5) is 13.2 Å². The fourth-order valence-electron chi connectivity index (χ4n) is 2.18. The van der Waals surface area contributed by atoms with E-state index in [2.05, 4.69) is 25.3 Å². The van der Waals surface area contributed by atoms with Crippen molar-refractivity contribution >= 4 is 17.3 Å². The molecule has 0 aliphatic carbocycles. The van der Waals surface area contributed by atoms with Gasteiger partial charge in [0.2, 0.25) is 0 Å². The smallest absolute Gasteiger partial charge is 0.406 e. The predicted octanol–water partition coefficient (Wildman–Crippen LogP) is 3.57. The molecule has 1 heterocycles. The Hall–Kier alpha value is -2.29. The van der Waals surface area contributed by atoms with Gasteiger partial charge in [0, 0.05) is 18.5 Å². The Labute approximate surface area is 154 Å². The molecule has 26 heavy (non-hydrogen) atoms. The van der Waals surface area contributed by atoms with Crippen molar-refractivity contribution in [3.63, 3.8) is 0 Å². The fraction of sp³-hybridized carbons (Fsp3) is 0.412. The van der Waals surface area contributed by atoms with Crippen LogP contribution >= 0.6 is 11.3 Å². The number of halogens is 3. The molecular weight excluding hydrogens is 365 g/mol. The SMILES string of the molecule is CN=C(NCCc1ccc(OC(F)(F)F)cc1)NCc1nc(C)c(C)s1. The number of aryl methyl sites for hydroxylation is 2. The highest BCUT2D eigenvalue weighted by molar-refractivity contribution is 7.11. The van der Waals surface area contributed by atoms with Crippen LogP contribution in [0.3, 0.4) is 0 Å². The topological polar surface area (TPSA) is 58.5 Å². The van der Waals surface area contributed by atoms with Gasteiger partial charge in [-0.15, -0.1) is 24.5 Å². The Morgan fingerprint density at radius 2 is 1.88 bits per heavy atom. The van der Waals surface area contributed by atoms with Crippen molar-refractivity contribution in [1.29, 1.82) is 0 Å². The summed E-state index contributed by atoms with van der Waals surface area (Å²) in [5.41, 5.74) is 1.93. The molecule has 142 valence electrons. The Morgan fingerprint density at radius 3 is 2.42 bits per heavy atom. The van der Waals surface area contributed by atoms with Crippen molar-refractivity contribution in [1.82, 2.24) is 15.6 Å². The largest absolute Gasteiger partial charge is 0.573 e. The molecule has 0 aliphatic rings. The minimum absolute atomic E-state index is 0.222. The van der Waals surface area contributed by atoms with Gasteiger partial charge in [-0.3, -0.25) is 4.99 Å². The summed E-state index contributed by atoms with van der Waals surface area (Å²) in [6.07, 6.45) is -4.03. The van der Waals surface area contributed by atoms with Gasteiger partial charge in [0.1, 0.15) is 10.8 Å². The van der Waals surface area contributed by atoms with Crippen LogP contribution in [-0.2, 0) is 13.0 Å². The van der Waals surface area contributed by atoms with Crippen LogP contribution in [0.25, 0.3) is 0 Å². The monoisotopic (exact) mass is 386 g/mol. The average Bonchev–Trinajstić information content (AvgIpc) is 2.89. The lowest BCUT2D eigenvalue weighted by Crippen LogP contribution is -2.37. The number of thiazole rings is 1. The summed E-state index contributed by atoms with van der Waals surface area (Å²) in [4.78, 5) is 9.80. The molecule has 2 aromatic rings. The minimum Gasteiger partial charge on any atom is -0.406 e. The van der Waals surface area contributed by atoms with E-state index in [4.69, 9.17) is 0 Å². The zero-order chi connectivity index (χ0) is 19.2. The molecular formula is C17H21F3N4OS. The van der Waals surface area contributed by atoms with Crippen LogP contribution in [0.15, 0.2) is 29.3 Å². The normalized spacial score (nSPS) is 12.2. The third-order valence-electron chi connectivity index (χ3n) is 3.57. The van der Waals surface area contributed by atoms with Crippen LogP contribution < -0.4 is 15.4 Å². The van der Waals surface area contributed by atoms with E-state index in [1.54, 1.807) is 30.5 Å². The molecule has 5 nitrogen and oxygen atoms in total. The summed E-state index contributed by atoms with van der Waals surface area (Å²) in [7, 11) is 1.68. The lowest BCUT2D eigenvalue weighted by atomic mass is 10.1. The first-order valence-corrected chi connectivity index (χ1v) is 8.80. The summed E-state index contributed by atoms with van der Waals surface area (Å²) in [5, 5.41) is 7.35. The predicted molar refractivity (Wildman–Crippen MR) is 96.6 cm³/mol. The average molecular weight is 386 g/mol. The summed E-state index contributed by atoms with van der Waals surface area (Å²) in [5.74, 6) is 0.424. The van der Waals surface area contributed by atoms with Gasteiger partial charge in [-0.1, -0.05) is 12.1 Å². The first-order valence-electron chi connectivity index (χ1n) is 7.99. The molecule has 0 bridgehead atoms. The van der Waals surface area contributed by atoms with Crippen LogP contribution in [-0.4, -0.2) is 30.9 Å². The highest BCUT2D eigenvalue weighted by atomic mass is 32.1. The van der Waals surface area contributed by atoms with Gasteiger partial charge in [-0.25, -0.2) is 4.98 Å². The lowest BCUT2D eigenvalue weighted by Gasteiger charge is -2.12. The van der Waals surface area contributed by atoms with Crippen molar-refractivity contribution in [2.24, 2.45) is 4.99 Å². The van der Waals surface area contributed by atoms with Gasteiger partial charge < -0.3 is 15.4 Å². The molecule has 2 rings (SSSR count). The number of aliphatic imine (C=N–C) groups is 1. The number of guanidine groups is 1. The molecule has 0 unspecified atom stereocenters. The Kier molecular flexibility index (Phi) is 6.84. The van der Waals surface area contributed by atoms with E-state index in [1.807, 2.05) is 13.8 Å². The molecule has 0 saturated carbocycles. The maximum absolute atomic E-state index is 12.1. The number of nitrogens with one attached hydrogen (secondary N) is 2. The number of rotatable bonds is 6. The zero-order valence-electron chi connectivity index (χ0n) is 14.8. The number of hydrogen-bond acceptors (Lipinski definition) is 4. The zero-order valence-corrected chi connectivity index (χ0v) is 15.6. The number of aromatic nitrogens is 1. The molecule has 1 aromatic carbocycles. The van der Waals surface area contributed by atoms with Crippen LogP contribution in [0.1, 0.15) is 21.1 Å². The molecule has 0 atom stereocenters. The Bertz CT molecular complexity index is 722. The molecule has 0 radical (unpaired) electrons. The second-order valence-electron chi connectivity index (χ2n) is 5.54. The van der Waals surface area contributed by atoms with Crippen molar-refractivity contribution in [2.75, 3.05) is 13.6 Å². The third-order valence-corrected chi connectivity index (χ3v) is 4.64. The van der Waals surface area contributed by atoms with Crippen LogP contribution in [0.2, 0.25) is 0 Å². The van der Waals surface area contributed by atoms with Gasteiger partial charge in [0.05, 0.1) is 12.2 Å². The molecule has 0 fully saturated rings. The van der Waals surface area contributed by atoms with Gasteiger partial charge in [0.15, 0.2) is 5.96 Å². The highest BCUT2D eigenvalue weighted by Crippen LogP contribution is 2.22. The van der Waals surface area contributed by atoms with Gasteiger partial charge in [-0.2, -0.15) is 0 Å². The first-order chi connectivity index (χ1) is 12.3. The van der Waals surface area contributed by atoms with Gasteiger partial charge >= 0.3 is 6.36 Å². The second-order valence-corrected chi connectivity index (χ2v) is 6.83. The van der Waals surface area contributed by atoms with Crippen LogP contribution in [0, 0.1) is 13.8 Å².